The van der Waals surface area contributed by atoms with Gasteiger partial charge in [-0.15, -0.1) is 0 Å². The topological polar surface area (TPSA) is 97.7 Å². The molecule has 1 N–H and O–H groups in total. The normalized spacial score (nSPS) is 8.83. The lowest BCUT2D eigenvalue weighted by molar-refractivity contribution is -0.146. The highest BCUT2D eigenvalue weighted by Gasteiger charge is 2.04. The lowest BCUT2D eigenvalue weighted by Gasteiger charge is -2.00. The summed E-state index contributed by atoms with van der Waals surface area (Å²) in [6, 6.07) is 0. The molecule has 0 atom stereocenters. The van der Waals surface area contributed by atoms with E-state index in [0.29, 0.717) is 6.61 Å². The molecule has 0 aromatic heterocycles. The molecule has 0 aliphatic carbocycles. The zero-order valence-corrected chi connectivity index (χ0v) is 11.0. The minimum Gasteiger partial charge on any atom is -0.481 e. The van der Waals surface area contributed by atoms with E-state index >= 15 is 0 Å². The number of carboxylic acids is 1. The number of hydrogen-bond acceptors (Lipinski definition) is 5. The van der Waals surface area contributed by atoms with Crippen molar-refractivity contribution in [2.24, 2.45) is 0 Å². The summed E-state index contributed by atoms with van der Waals surface area (Å²) in [5, 5.41) is 7.86. The number of ketones is 2. The molecule has 6 nitrogen and oxygen atoms in total. The highest BCUT2D eigenvalue weighted by atomic mass is 16.5. The van der Waals surface area contributed by atoms with E-state index in [2.05, 4.69) is 0 Å². The predicted molar refractivity (Wildman–Crippen MR) is 64.1 cm³/mol. The van der Waals surface area contributed by atoms with Crippen LogP contribution >= 0.6 is 0 Å². The van der Waals surface area contributed by atoms with Gasteiger partial charge in [-0.2, -0.15) is 0 Å². The van der Waals surface area contributed by atoms with E-state index in [9.17, 15) is 19.2 Å². The number of carbonyl (C=O) groups is 4. The smallest absolute Gasteiger partial charge is 0.313 e. The molecule has 6 heteroatoms. The maximum absolute atomic E-state index is 10.7. The van der Waals surface area contributed by atoms with Crippen LogP contribution in [-0.4, -0.2) is 35.2 Å². The van der Waals surface area contributed by atoms with Crippen LogP contribution in [0.4, 0.5) is 0 Å². The summed E-state index contributed by atoms with van der Waals surface area (Å²) in [6.45, 7) is 5.07. The molecule has 0 saturated carbocycles. The highest BCUT2D eigenvalue weighted by Crippen LogP contribution is 1.92. The Morgan fingerprint density at radius 1 is 1.00 bits per heavy atom. The standard InChI is InChI=1S/C8H14O3.C4H6O3/c1-3-4-5-11-8(10)6-7(2)9;1-3(5)2-4(6)7/h3-6H2,1-2H3;2H2,1H3,(H,6,7). The lowest BCUT2D eigenvalue weighted by Crippen LogP contribution is -2.09. The fourth-order valence-electron chi connectivity index (χ4n) is 0.798. The lowest BCUT2D eigenvalue weighted by atomic mass is 10.3. The van der Waals surface area contributed by atoms with Crippen molar-refractivity contribution in [3.63, 3.8) is 0 Å². The molecule has 18 heavy (non-hydrogen) atoms. The van der Waals surface area contributed by atoms with E-state index in [4.69, 9.17) is 9.84 Å². The molecule has 0 aliphatic rings. The Morgan fingerprint density at radius 3 is 1.78 bits per heavy atom. The first-order valence-corrected chi connectivity index (χ1v) is 5.65. The summed E-state index contributed by atoms with van der Waals surface area (Å²) in [4.78, 5) is 40.5. The van der Waals surface area contributed by atoms with Gasteiger partial charge in [0.05, 0.1) is 6.61 Å². The van der Waals surface area contributed by atoms with Gasteiger partial charge in [0, 0.05) is 0 Å². The van der Waals surface area contributed by atoms with Crippen molar-refractivity contribution >= 4 is 23.5 Å². The third-order valence-corrected chi connectivity index (χ3v) is 1.55. The van der Waals surface area contributed by atoms with Crippen molar-refractivity contribution in [2.45, 2.75) is 46.5 Å². The monoisotopic (exact) mass is 260 g/mol. The van der Waals surface area contributed by atoms with Crippen LogP contribution < -0.4 is 0 Å². The molecular formula is C12H20O6. The average Bonchev–Trinajstić information content (AvgIpc) is 2.15. The number of unbranched alkanes of at least 4 members (excludes halogenated alkanes) is 1. The van der Waals surface area contributed by atoms with Crippen molar-refractivity contribution in [3.8, 4) is 0 Å². The molecule has 0 aromatic rings. The van der Waals surface area contributed by atoms with Crippen LogP contribution in [0.15, 0.2) is 0 Å². The zero-order chi connectivity index (χ0) is 14.6. The van der Waals surface area contributed by atoms with Crippen LogP contribution in [0.1, 0.15) is 46.5 Å². The van der Waals surface area contributed by atoms with E-state index in [0.717, 1.165) is 12.8 Å². The largest absolute Gasteiger partial charge is 0.481 e. The van der Waals surface area contributed by atoms with E-state index < -0.39 is 11.9 Å². The average molecular weight is 260 g/mol. The predicted octanol–water partition coefficient (Wildman–Crippen LogP) is 1.36. The van der Waals surface area contributed by atoms with Crippen LogP contribution in [0.2, 0.25) is 0 Å². The van der Waals surface area contributed by atoms with E-state index in [-0.39, 0.29) is 24.4 Å². The molecule has 0 rings (SSSR count). The van der Waals surface area contributed by atoms with Gasteiger partial charge >= 0.3 is 11.9 Å². The first-order valence-electron chi connectivity index (χ1n) is 5.65. The first-order chi connectivity index (χ1) is 8.29. The number of hydrogen-bond donors (Lipinski definition) is 1. The maximum atomic E-state index is 10.7. The molecule has 0 spiro atoms. The molecule has 104 valence electrons. The summed E-state index contributed by atoms with van der Waals surface area (Å²) in [7, 11) is 0. The summed E-state index contributed by atoms with van der Waals surface area (Å²) in [6.07, 6.45) is 1.40. The molecule has 0 heterocycles. The van der Waals surface area contributed by atoms with Gasteiger partial charge in [0.15, 0.2) is 0 Å². The van der Waals surface area contributed by atoms with Gasteiger partial charge in [-0.1, -0.05) is 13.3 Å². The number of rotatable bonds is 7. The molecular weight excluding hydrogens is 240 g/mol. The van der Waals surface area contributed by atoms with Crippen molar-refractivity contribution < 1.29 is 29.0 Å². The van der Waals surface area contributed by atoms with Gasteiger partial charge in [-0.25, -0.2) is 0 Å². The second-order valence-electron chi connectivity index (χ2n) is 3.73. The van der Waals surface area contributed by atoms with Crippen LogP contribution in [0.25, 0.3) is 0 Å². The van der Waals surface area contributed by atoms with Crippen LogP contribution in [-0.2, 0) is 23.9 Å². The van der Waals surface area contributed by atoms with Crippen molar-refractivity contribution in [1.29, 1.82) is 0 Å². The quantitative estimate of drug-likeness (QED) is 0.421. The number of carboxylic acid groups (broad SMARTS) is 1. The molecule has 0 aromatic carbocycles. The van der Waals surface area contributed by atoms with Crippen molar-refractivity contribution in [1.82, 2.24) is 0 Å². The first kappa shape index (κ1) is 18.6. The molecule has 0 saturated heterocycles. The maximum Gasteiger partial charge on any atom is 0.313 e. The van der Waals surface area contributed by atoms with Crippen LogP contribution in [0.3, 0.4) is 0 Å². The summed E-state index contributed by atoms with van der Waals surface area (Å²) >= 11 is 0. The Hall–Kier alpha value is -1.72. The SMILES string of the molecule is CC(=O)CC(=O)O.CCCCOC(=O)CC(C)=O. The number of ether oxygens (including phenoxy) is 1. The van der Waals surface area contributed by atoms with Gasteiger partial charge in [0.1, 0.15) is 24.4 Å². The summed E-state index contributed by atoms with van der Waals surface area (Å²) in [5.41, 5.74) is 0. The Kier molecular flexibility index (Phi) is 12.2. The Morgan fingerprint density at radius 2 is 1.50 bits per heavy atom. The fourth-order valence-corrected chi connectivity index (χ4v) is 0.798. The second kappa shape index (κ2) is 11.8. The third kappa shape index (κ3) is 19.8. The molecule has 0 fully saturated rings. The van der Waals surface area contributed by atoms with Crippen molar-refractivity contribution in [2.75, 3.05) is 6.61 Å². The Balaban J connectivity index is 0. The third-order valence-electron chi connectivity index (χ3n) is 1.55. The molecule has 0 aliphatic heterocycles. The Bertz CT molecular complexity index is 283. The molecule has 0 unspecified atom stereocenters. The second-order valence-corrected chi connectivity index (χ2v) is 3.73. The fraction of sp³-hybridized carbons (Fsp3) is 0.667. The van der Waals surface area contributed by atoms with E-state index in [1.807, 2.05) is 6.92 Å². The van der Waals surface area contributed by atoms with E-state index in [1.54, 1.807) is 0 Å². The highest BCUT2D eigenvalue weighted by molar-refractivity contribution is 5.94. The zero-order valence-electron chi connectivity index (χ0n) is 11.0. The van der Waals surface area contributed by atoms with Gasteiger partial charge < -0.3 is 9.84 Å². The van der Waals surface area contributed by atoms with E-state index in [1.165, 1.54) is 13.8 Å². The number of aliphatic carboxylic acids is 1. The van der Waals surface area contributed by atoms with Crippen LogP contribution in [0, 0.1) is 0 Å². The Labute approximate surface area is 106 Å². The summed E-state index contributed by atoms with van der Waals surface area (Å²) in [5.74, 6) is -1.93. The van der Waals surface area contributed by atoms with Crippen LogP contribution in [0.5, 0.6) is 0 Å². The molecule has 0 bridgehead atoms. The van der Waals surface area contributed by atoms with Crippen molar-refractivity contribution in [3.05, 3.63) is 0 Å². The summed E-state index contributed by atoms with van der Waals surface area (Å²) < 4.78 is 4.73. The molecule has 0 radical (unpaired) electrons. The van der Waals surface area contributed by atoms with Gasteiger partial charge in [-0.3, -0.25) is 19.2 Å². The molecule has 0 amide bonds. The number of carbonyl (C=O) groups excluding carboxylic acids is 3. The van der Waals surface area contributed by atoms with Gasteiger partial charge in [-0.05, 0) is 20.3 Å². The van der Waals surface area contributed by atoms with Gasteiger partial charge in [0.25, 0.3) is 0 Å². The number of esters is 1. The minimum atomic E-state index is -1.06. The minimum absolute atomic E-state index is 0.0935. The van der Waals surface area contributed by atoms with Gasteiger partial charge in [0.2, 0.25) is 0 Å². The number of Topliss-reactive ketones (excluding diaryl/α,β-unsaturated/α-hetero) is 2.